The number of rotatable bonds is 3. The third-order valence-electron chi connectivity index (χ3n) is 2.78. The van der Waals surface area contributed by atoms with Crippen LogP contribution in [0.2, 0.25) is 5.02 Å². The van der Waals surface area contributed by atoms with Gasteiger partial charge in [0.15, 0.2) is 5.58 Å². The number of tetrazole rings is 1. The number of anilines is 1. The second-order valence-corrected chi connectivity index (χ2v) is 4.69. The van der Waals surface area contributed by atoms with Crippen LogP contribution < -0.4 is 5.32 Å². The molecule has 3 aromatic rings. The minimum Gasteiger partial charge on any atom is -0.460 e. The fraction of sp³-hybridized carbons (Fsp3) is 0.0769. The van der Waals surface area contributed by atoms with E-state index in [4.69, 9.17) is 21.3 Å². The molecule has 8 heteroatoms. The van der Waals surface area contributed by atoms with Gasteiger partial charge in [-0.15, -0.1) is 10.2 Å². The highest BCUT2D eigenvalue weighted by molar-refractivity contribution is 6.35. The highest BCUT2D eigenvalue weighted by Crippen LogP contribution is 2.30. The third-order valence-corrected chi connectivity index (χ3v) is 3.06. The summed E-state index contributed by atoms with van der Waals surface area (Å²) in [7, 11) is 0. The van der Waals surface area contributed by atoms with Gasteiger partial charge in [-0.3, -0.25) is 0 Å². The summed E-state index contributed by atoms with van der Waals surface area (Å²) in [5.41, 5.74) is 1.62. The number of aromatic amines is 1. The number of H-pyrrole nitrogens is 1. The van der Waals surface area contributed by atoms with Gasteiger partial charge in [-0.2, -0.15) is 10.5 Å². The molecule has 7 nitrogen and oxygen atoms in total. The van der Waals surface area contributed by atoms with E-state index in [1.807, 2.05) is 25.1 Å². The van der Waals surface area contributed by atoms with Crippen molar-refractivity contribution in [2.75, 3.05) is 5.32 Å². The number of halogens is 1. The first-order chi connectivity index (χ1) is 10.2. The molecule has 3 rings (SSSR count). The Morgan fingerprint density at radius 3 is 3.05 bits per heavy atom. The molecule has 2 heterocycles. The van der Waals surface area contributed by atoms with E-state index in [2.05, 4.69) is 25.9 Å². The topological polar surface area (TPSA) is 103 Å². The number of fused-ring (bicyclic) bond motifs is 1. The van der Waals surface area contributed by atoms with Crippen molar-refractivity contribution in [2.45, 2.75) is 6.92 Å². The van der Waals surface area contributed by atoms with Gasteiger partial charge in [-0.1, -0.05) is 11.6 Å². The van der Waals surface area contributed by atoms with Gasteiger partial charge in [0.25, 0.3) is 0 Å². The number of aromatic nitrogens is 4. The number of allylic oxidation sites excluding steroid dienone is 1. The predicted molar refractivity (Wildman–Crippen MR) is 77.4 cm³/mol. The molecule has 0 atom stereocenters. The van der Waals surface area contributed by atoms with E-state index in [-0.39, 0.29) is 11.4 Å². The molecule has 0 saturated carbocycles. The number of hydrogen-bond donors (Lipinski definition) is 2. The van der Waals surface area contributed by atoms with Gasteiger partial charge in [0.1, 0.15) is 17.4 Å². The normalized spacial score (nSPS) is 11.6. The minimum absolute atomic E-state index is 0.219. The Morgan fingerprint density at radius 1 is 1.48 bits per heavy atom. The molecular formula is C13H9ClN6O. The highest BCUT2D eigenvalue weighted by atomic mass is 35.5. The van der Waals surface area contributed by atoms with E-state index in [1.165, 1.54) is 6.20 Å². The summed E-state index contributed by atoms with van der Waals surface area (Å²) in [6, 6.07) is 7.47. The minimum atomic E-state index is 0.219. The van der Waals surface area contributed by atoms with Crippen LogP contribution in [0.25, 0.3) is 16.5 Å². The molecular weight excluding hydrogens is 292 g/mol. The van der Waals surface area contributed by atoms with Gasteiger partial charge >= 0.3 is 0 Å². The first kappa shape index (κ1) is 13.1. The van der Waals surface area contributed by atoms with Crippen molar-refractivity contribution >= 4 is 33.8 Å². The molecule has 0 aliphatic rings. The highest BCUT2D eigenvalue weighted by Gasteiger charge is 2.08. The molecule has 1 aromatic carbocycles. The molecule has 0 fully saturated rings. The Morgan fingerprint density at radius 2 is 2.33 bits per heavy atom. The average molecular weight is 301 g/mol. The van der Waals surface area contributed by atoms with Crippen LogP contribution >= 0.6 is 11.6 Å². The maximum absolute atomic E-state index is 9.08. The maximum Gasteiger partial charge on any atom is 0.216 e. The van der Waals surface area contributed by atoms with Crippen LogP contribution in [0.4, 0.5) is 5.69 Å². The van der Waals surface area contributed by atoms with Crippen molar-refractivity contribution in [2.24, 2.45) is 0 Å². The third kappa shape index (κ3) is 2.57. The average Bonchev–Trinajstić information content (AvgIpc) is 3.09. The molecule has 21 heavy (non-hydrogen) atoms. The Balaban J connectivity index is 1.93. The van der Waals surface area contributed by atoms with Crippen molar-refractivity contribution in [3.63, 3.8) is 0 Å². The molecule has 0 spiro atoms. The van der Waals surface area contributed by atoms with Crippen LogP contribution in [0.5, 0.6) is 0 Å². The lowest BCUT2D eigenvalue weighted by Crippen LogP contribution is -1.93. The number of benzene rings is 1. The zero-order valence-corrected chi connectivity index (χ0v) is 11.6. The van der Waals surface area contributed by atoms with Crippen molar-refractivity contribution in [3.05, 3.63) is 41.0 Å². The monoisotopic (exact) mass is 300 g/mol. The number of nitrogens with one attached hydrogen (secondary N) is 2. The molecule has 0 bridgehead atoms. The lowest BCUT2D eigenvalue weighted by atomic mass is 10.2. The van der Waals surface area contributed by atoms with E-state index < -0.39 is 0 Å². The Kier molecular flexibility index (Phi) is 3.30. The second kappa shape index (κ2) is 5.26. The Labute approximate surface area is 124 Å². The summed E-state index contributed by atoms with van der Waals surface area (Å²) in [5.74, 6) is 1.00. The number of nitriles is 1. The SMILES string of the molecule is Cc1cc2cc(NC=C(C#N)c3nn[nH]n3)cc(Cl)c2o1. The number of hydrogen-bond acceptors (Lipinski definition) is 6. The number of aryl methyl sites for hydroxylation is 1. The van der Waals surface area contributed by atoms with Gasteiger partial charge in [0.05, 0.1) is 5.02 Å². The molecule has 0 aliphatic heterocycles. The van der Waals surface area contributed by atoms with Gasteiger partial charge in [-0.25, -0.2) is 0 Å². The number of furan rings is 1. The lowest BCUT2D eigenvalue weighted by molar-refractivity contribution is 0.579. The zero-order chi connectivity index (χ0) is 14.8. The molecule has 2 aromatic heterocycles. The molecule has 104 valence electrons. The summed E-state index contributed by atoms with van der Waals surface area (Å²) in [6.45, 7) is 1.85. The van der Waals surface area contributed by atoms with Crippen molar-refractivity contribution in [1.29, 1.82) is 5.26 Å². The van der Waals surface area contributed by atoms with E-state index in [0.717, 1.165) is 16.8 Å². The van der Waals surface area contributed by atoms with Crippen molar-refractivity contribution in [3.8, 4) is 6.07 Å². The fourth-order valence-corrected chi connectivity index (χ4v) is 2.17. The predicted octanol–water partition coefficient (Wildman–Crippen LogP) is 2.88. The van der Waals surface area contributed by atoms with Gasteiger partial charge in [0, 0.05) is 17.3 Å². The van der Waals surface area contributed by atoms with E-state index in [1.54, 1.807) is 6.07 Å². The Hall–Kier alpha value is -2.85. The van der Waals surface area contributed by atoms with Crippen LogP contribution in [0.15, 0.2) is 28.8 Å². The van der Waals surface area contributed by atoms with Gasteiger partial charge in [-0.05, 0) is 30.3 Å². The van der Waals surface area contributed by atoms with Crippen molar-refractivity contribution < 1.29 is 4.42 Å². The molecule has 0 radical (unpaired) electrons. The van der Waals surface area contributed by atoms with E-state index >= 15 is 0 Å². The fourth-order valence-electron chi connectivity index (χ4n) is 1.90. The largest absolute Gasteiger partial charge is 0.460 e. The summed E-state index contributed by atoms with van der Waals surface area (Å²) in [5, 5.41) is 26.7. The number of nitrogens with zero attached hydrogens (tertiary/aromatic N) is 4. The molecule has 0 unspecified atom stereocenters. The molecule has 2 N–H and O–H groups in total. The van der Waals surface area contributed by atoms with Crippen LogP contribution in [-0.2, 0) is 0 Å². The second-order valence-electron chi connectivity index (χ2n) is 4.28. The maximum atomic E-state index is 9.08. The quantitative estimate of drug-likeness (QED) is 0.721. The van der Waals surface area contributed by atoms with E-state index in [0.29, 0.717) is 10.6 Å². The first-order valence-electron chi connectivity index (χ1n) is 5.97. The van der Waals surface area contributed by atoms with Crippen LogP contribution in [0.3, 0.4) is 0 Å². The molecule has 0 amide bonds. The van der Waals surface area contributed by atoms with Gasteiger partial charge in [0.2, 0.25) is 5.82 Å². The van der Waals surface area contributed by atoms with Crippen LogP contribution in [-0.4, -0.2) is 20.6 Å². The Bertz CT molecular complexity index is 859. The van der Waals surface area contributed by atoms with Crippen LogP contribution in [0.1, 0.15) is 11.6 Å². The van der Waals surface area contributed by atoms with Crippen molar-refractivity contribution in [1.82, 2.24) is 20.6 Å². The van der Waals surface area contributed by atoms with Crippen LogP contribution in [0, 0.1) is 18.3 Å². The summed E-state index contributed by atoms with van der Waals surface area (Å²) < 4.78 is 5.50. The lowest BCUT2D eigenvalue weighted by Gasteiger charge is -2.02. The summed E-state index contributed by atoms with van der Waals surface area (Å²) in [4.78, 5) is 0. The van der Waals surface area contributed by atoms with Gasteiger partial charge < -0.3 is 9.73 Å². The first-order valence-corrected chi connectivity index (χ1v) is 6.35. The molecule has 0 saturated heterocycles. The zero-order valence-electron chi connectivity index (χ0n) is 10.9. The summed E-state index contributed by atoms with van der Waals surface area (Å²) >= 11 is 6.17. The summed E-state index contributed by atoms with van der Waals surface area (Å²) in [6.07, 6.45) is 1.50. The molecule has 0 aliphatic carbocycles. The standard InChI is InChI=1S/C13H9ClN6O/c1-7-2-8-3-10(4-11(14)12(8)21-7)16-6-9(5-15)13-17-19-20-18-13/h2-4,6,16H,1H3,(H,17,18,19,20). The smallest absolute Gasteiger partial charge is 0.216 e. The van der Waals surface area contributed by atoms with E-state index in [9.17, 15) is 0 Å².